The van der Waals surface area contributed by atoms with E-state index in [1.54, 1.807) is 18.3 Å². The molecule has 0 spiro atoms. The minimum Gasteiger partial charge on any atom is -0.474 e. The number of nitrogens with two attached hydrogens (primary N) is 1. The third-order valence-electron chi connectivity index (χ3n) is 3.30. The molecule has 1 fully saturated rings. The molecule has 1 aliphatic carbocycles. The van der Waals surface area contributed by atoms with Crippen LogP contribution in [0, 0.1) is 11.3 Å². The van der Waals surface area contributed by atoms with Crippen molar-refractivity contribution in [3.8, 4) is 5.88 Å². The molecule has 2 rings (SSSR count). The van der Waals surface area contributed by atoms with Crippen molar-refractivity contribution in [3.63, 3.8) is 0 Å². The summed E-state index contributed by atoms with van der Waals surface area (Å²) in [4.78, 5) is 4.17. The highest BCUT2D eigenvalue weighted by molar-refractivity contribution is 5.96. The Hall–Kier alpha value is -1.58. The van der Waals surface area contributed by atoms with Gasteiger partial charge in [-0.05, 0) is 43.7 Å². The van der Waals surface area contributed by atoms with Crippen LogP contribution in [0.25, 0.3) is 0 Å². The maximum absolute atomic E-state index is 7.48. The molecular weight excluding hydrogens is 214 g/mol. The zero-order chi connectivity index (χ0) is 12.3. The number of rotatable bonds is 3. The first kappa shape index (κ1) is 11.9. The van der Waals surface area contributed by atoms with Gasteiger partial charge >= 0.3 is 0 Å². The smallest absolute Gasteiger partial charge is 0.224 e. The molecule has 3 N–H and O–H groups in total. The second kappa shape index (κ2) is 5.17. The van der Waals surface area contributed by atoms with E-state index in [4.69, 9.17) is 15.9 Å². The highest BCUT2D eigenvalue weighted by Gasteiger charge is 2.21. The number of amidine groups is 1. The van der Waals surface area contributed by atoms with Gasteiger partial charge < -0.3 is 10.5 Å². The van der Waals surface area contributed by atoms with E-state index in [1.807, 2.05) is 0 Å². The molecule has 0 atom stereocenters. The zero-order valence-electron chi connectivity index (χ0n) is 10.1. The van der Waals surface area contributed by atoms with Crippen molar-refractivity contribution in [3.05, 3.63) is 23.9 Å². The second-order valence-electron chi connectivity index (χ2n) is 4.77. The predicted molar refractivity (Wildman–Crippen MR) is 67.3 cm³/mol. The Bertz CT molecular complexity index is 397. The lowest BCUT2D eigenvalue weighted by atomic mass is 9.89. The number of nitrogen functional groups attached to an aromatic ring is 1. The van der Waals surface area contributed by atoms with Crippen LogP contribution in [0.3, 0.4) is 0 Å². The summed E-state index contributed by atoms with van der Waals surface area (Å²) in [6.07, 6.45) is 6.43. The summed E-state index contributed by atoms with van der Waals surface area (Å²) >= 11 is 0. The molecule has 1 aromatic heterocycles. The average molecular weight is 233 g/mol. The number of pyridine rings is 1. The van der Waals surface area contributed by atoms with Crippen molar-refractivity contribution in [2.24, 2.45) is 11.7 Å². The van der Waals surface area contributed by atoms with Crippen LogP contribution in [0.4, 0.5) is 0 Å². The standard InChI is InChI=1S/C13H19N3O/c1-9-4-6-10(7-5-9)17-13-11(12(14)15)3-2-8-16-13/h2-3,8-10H,4-7H2,1H3,(H3,14,15). The Balaban J connectivity index is 2.05. The molecule has 0 unspecified atom stereocenters. The summed E-state index contributed by atoms with van der Waals surface area (Å²) < 4.78 is 5.86. The molecule has 0 aliphatic heterocycles. The summed E-state index contributed by atoms with van der Waals surface area (Å²) in [5, 5.41) is 7.48. The fourth-order valence-corrected chi connectivity index (χ4v) is 2.19. The molecule has 1 aromatic rings. The molecule has 1 heterocycles. The molecule has 0 amide bonds. The van der Waals surface area contributed by atoms with Gasteiger partial charge in [-0.2, -0.15) is 0 Å². The summed E-state index contributed by atoms with van der Waals surface area (Å²) in [7, 11) is 0. The van der Waals surface area contributed by atoms with Crippen molar-refractivity contribution in [2.75, 3.05) is 0 Å². The first-order valence-corrected chi connectivity index (χ1v) is 6.13. The fraction of sp³-hybridized carbons (Fsp3) is 0.538. The number of nitrogens with one attached hydrogen (secondary N) is 1. The number of hydrogen-bond donors (Lipinski definition) is 2. The Morgan fingerprint density at radius 3 is 2.76 bits per heavy atom. The topological polar surface area (TPSA) is 72.0 Å². The number of ether oxygens (including phenoxy) is 1. The molecule has 4 heteroatoms. The van der Waals surface area contributed by atoms with Crippen molar-refractivity contribution < 1.29 is 4.74 Å². The lowest BCUT2D eigenvalue weighted by Gasteiger charge is -2.26. The highest BCUT2D eigenvalue weighted by Crippen LogP contribution is 2.27. The van der Waals surface area contributed by atoms with Gasteiger partial charge in [0.2, 0.25) is 5.88 Å². The number of aromatic nitrogens is 1. The van der Waals surface area contributed by atoms with Gasteiger partial charge in [-0.25, -0.2) is 4.98 Å². The summed E-state index contributed by atoms with van der Waals surface area (Å²) in [6.45, 7) is 2.28. The third kappa shape index (κ3) is 2.96. The lowest BCUT2D eigenvalue weighted by molar-refractivity contribution is 0.130. The lowest BCUT2D eigenvalue weighted by Crippen LogP contribution is -2.25. The van der Waals surface area contributed by atoms with Gasteiger partial charge in [0.1, 0.15) is 11.9 Å². The normalized spacial score (nSPS) is 24.3. The van der Waals surface area contributed by atoms with E-state index < -0.39 is 0 Å². The van der Waals surface area contributed by atoms with Gasteiger partial charge in [0.05, 0.1) is 5.56 Å². The number of hydrogen-bond acceptors (Lipinski definition) is 3. The molecule has 0 aromatic carbocycles. The van der Waals surface area contributed by atoms with Crippen LogP contribution < -0.4 is 10.5 Å². The zero-order valence-corrected chi connectivity index (χ0v) is 10.1. The van der Waals surface area contributed by atoms with Crippen LogP contribution in [0.2, 0.25) is 0 Å². The van der Waals surface area contributed by atoms with E-state index in [-0.39, 0.29) is 11.9 Å². The van der Waals surface area contributed by atoms with Gasteiger partial charge in [-0.3, -0.25) is 5.41 Å². The molecule has 0 radical (unpaired) electrons. The SMILES string of the molecule is CC1CCC(Oc2ncccc2C(=N)N)CC1. The maximum atomic E-state index is 7.48. The monoisotopic (exact) mass is 233 g/mol. The molecule has 0 bridgehead atoms. The minimum absolute atomic E-state index is 0.0114. The van der Waals surface area contributed by atoms with Crippen molar-refractivity contribution >= 4 is 5.84 Å². The highest BCUT2D eigenvalue weighted by atomic mass is 16.5. The molecular formula is C13H19N3O. The molecule has 0 saturated heterocycles. The maximum Gasteiger partial charge on any atom is 0.224 e. The summed E-state index contributed by atoms with van der Waals surface area (Å²) in [5.74, 6) is 1.31. The first-order chi connectivity index (χ1) is 8.16. The predicted octanol–water partition coefficient (Wildman–Crippen LogP) is 2.32. The molecule has 4 nitrogen and oxygen atoms in total. The largest absolute Gasteiger partial charge is 0.474 e. The van der Waals surface area contributed by atoms with Gasteiger partial charge in [0, 0.05) is 6.20 Å². The quantitative estimate of drug-likeness (QED) is 0.621. The van der Waals surface area contributed by atoms with Gasteiger partial charge in [-0.15, -0.1) is 0 Å². The van der Waals surface area contributed by atoms with Gasteiger partial charge in [0.15, 0.2) is 0 Å². The van der Waals surface area contributed by atoms with Crippen LogP contribution in [0.1, 0.15) is 38.2 Å². The Kier molecular flexibility index (Phi) is 3.61. The summed E-state index contributed by atoms with van der Waals surface area (Å²) in [5.41, 5.74) is 6.09. The van der Waals surface area contributed by atoms with Crippen molar-refractivity contribution in [1.82, 2.24) is 4.98 Å². The van der Waals surface area contributed by atoms with Crippen LogP contribution in [0.15, 0.2) is 18.3 Å². The third-order valence-corrected chi connectivity index (χ3v) is 3.30. The average Bonchev–Trinajstić information content (AvgIpc) is 2.32. The minimum atomic E-state index is 0.0114. The Morgan fingerprint density at radius 2 is 2.12 bits per heavy atom. The van der Waals surface area contributed by atoms with Crippen LogP contribution in [-0.2, 0) is 0 Å². The second-order valence-corrected chi connectivity index (χ2v) is 4.77. The van der Waals surface area contributed by atoms with Gasteiger partial charge in [0.25, 0.3) is 0 Å². The van der Waals surface area contributed by atoms with Crippen molar-refractivity contribution in [2.45, 2.75) is 38.7 Å². The van der Waals surface area contributed by atoms with E-state index in [2.05, 4.69) is 11.9 Å². The Labute approximate surface area is 102 Å². The van der Waals surface area contributed by atoms with Gasteiger partial charge in [-0.1, -0.05) is 6.92 Å². The van der Waals surface area contributed by atoms with E-state index >= 15 is 0 Å². The molecule has 17 heavy (non-hydrogen) atoms. The Morgan fingerprint density at radius 1 is 1.41 bits per heavy atom. The van der Waals surface area contributed by atoms with E-state index in [0.717, 1.165) is 18.8 Å². The van der Waals surface area contributed by atoms with E-state index in [1.165, 1.54) is 12.8 Å². The van der Waals surface area contributed by atoms with E-state index in [9.17, 15) is 0 Å². The fourth-order valence-electron chi connectivity index (χ4n) is 2.19. The summed E-state index contributed by atoms with van der Waals surface area (Å²) in [6, 6.07) is 3.54. The van der Waals surface area contributed by atoms with Crippen LogP contribution in [0.5, 0.6) is 5.88 Å². The molecule has 1 saturated carbocycles. The number of nitrogens with zero attached hydrogens (tertiary/aromatic N) is 1. The van der Waals surface area contributed by atoms with Crippen LogP contribution in [-0.4, -0.2) is 16.9 Å². The molecule has 92 valence electrons. The molecule has 1 aliphatic rings. The van der Waals surface area contributed by atoms with Crippen molar-refractivity contribution in [1.29, 1.82) is 5.41 Å². The van der Waals surface area contributed by atoms with Crippen LogP contribution >= 0.6 is 0 Å². The first-order valence-electron chi connectivity index (χ1n) is 6.13. The van der Waals surface area contributed by atoms with E-state index in [0.29, 0.717) is 11.4 Å².